The normalized spacial score (nSPS) is 19.9. The van der Waals surface area contributed by atoms with Gasteiger partial charge in [-0.1, -0.05) is 18.2 Å². The molecule has 0 saturated carbocycles. The average molecular weight is 383 g/mol. The Kier molecular flexibility index (Phi) is 5.26. The number of benzene rings is 1. The second-order valence-electron chi connectivity index (χ2n) is 6.28. The Hall–Kier alpha value is -1.71. The van der Waals surface area contributed by atoms with Crippen molar-refractivity contribution >= 4 is 19.9 Å². The Labute approximate surface area is 148 Å². The molecule has 2 heterocycles. The Morgan fingerprint density at radius 1 is 1.24 bits per heavy atom. The first-order valence-corrected chi connectivity index (χ1v) is 11.6. The van der Waals surface area contributed by atoms with Crippen LogP contribution in [-0.4, -0.2) is 43.9 Å². The predicted octanol–water partition coefficient (Wildman–Crippen LogP) is 1.12. The standard InChI is InChI=1S/C16H21N3O4S2/c20-24(21)10-6-14(13-24)7-11-25(22,23)18-12-15-4-1-2-5-16(15)19-9-3-8-17-19/h1-5,8-9,14,18H,6-7,10-13H2. The monoisotopic (exact) mass is 383 g/mol. The molecule has 1 aliphatic rings. The first-order chi connectivity index (χ1) is 11.8. The summed E-state index contributed by atoms with van der Waals surface area (Å²) < 4.78 is 51.7. The lowest BCUT2D eigenvalue weighted by Crippen LogP contribution is -2.27. The van der Waals surface area contributed by atoms with Gasteiger partial charge in [-0.3, -0.25) is 0 Å². The van der Waals surface area contributed by atoms with E-state index in [4.69, 9.17) is 0 Å². The second-order valence-corrected chi connectivity index (χ2v) is 10.4. The molecule has 7 nitrogen and oxygen atoms in total. The van der Waals surface area contributed by atoms with Crippen LogP contribution in [0, 0.1) is 5.92 Å². The second kappa shape index (κ2) is 7.27. The van der Waals surface area contributed by atoms with Crippen molar-refractivity contribution in [1.29, 1.82) is 0 Å². The Balaban J connectivity index is 1.60. The average Bonchev–Trinajstić information content (AvgIpc) is 3.21. The van der Waals surface area contributed by atoms with E-state index in [9.17, 15) is 16.8 Å². The van der Waals surface area contributed by atoms with Crippen LogP contribution in [0.1, 0.15) is 18.4 Å². The lowest BCUT2D eigenvalue weighted by molar-refractivity contribution is 0.544. The van der Waals surface area contributed by atoms with Crippen molar-refractivity contribution in [2.75, 3.05) is 17.3 Å². The minimum absolute atomic E-state index is 0.0575. The van der Waals surface area contributed by atoms with E-state index in [1.807, 2.05) is 24.3 Å². The van der Waals surface area contributed by atoms with Crippen molar-refractivity contribution in [3.8, 4) is 5.69 Å². The van der Waals surface area contributed by atoms with E-state index >= 15 is 0 Å². The van der Waals surface area contributed by atoms with Gasteiger partial charge in [-0.2, -0.15) is 5.10 Å². The summed E-state index contributed by atoms with van der Waals surface area (Å²) in [7, 11) is -6.44. The van der Waals surface area contributed by atoms with E-state index in [0.717, 1.165) is 11.3 Å². The third kappa shape index (κ3) is 4.90. The number of rotatable bonds is 7. The van der Waals surface area contributed by atoms with Gasteiger partial charge >= 0.3 is 0 Å². The molecule has 0 aliphatic carbocycles. The van der Waals surface area contributed by atoms with E-state index < -0.39 is 19.9 Å². The van der Waals surface area contributed by atoms with Crippen LogP contribution in [0.15, 0.2) is 42.7 Å². The fourth-order valence-corrected chi connectivity index (χ4v) is 6.05. The highest BCUT2D eigenvalue weighted by Crippen LogP contribution is 2.22. The van der Waals surface area contributed by atoms with Gasteiger partial charge in [0.2, 0.25) is 10.0 Å². The van der Waals surface area contributed by atoms with E-state index in [1.165, 1.54) is 0 Å². The van der Waals surface area contributed by atoms with Gasteiger partial charge in [-0.25, -0.2) is 26.2 Å². The predicted molar refractivity (Wildman–Crippen MR) is 95.6 cm³/mol. The van der Waals surface area contributed by atoms with Gasteiger partial charge < -0.3 is 0 Å². The summed E-state index contributed by atoms with van der Waals surface area (Å²) >= 11 is 0. The van der Waals surface area contributed by atoms with Gasteiger partial charge in [0, 0.05) is 18.9 Å². The Bertz CT molecular complexity index is 922. The van der Waals surface area contributed by atoms with Crippen molar-refractivity contribution in [3.63, 3.8) is 0 Å². The molecule has 1 fully saturated rings. The first kappa shape index (κ1) is 18.1. The maximum Gasteiger partial charge on any atom is 0.211 e. The molecule has 0 bridgehead atoms. The smallest absolute Gasteiger partial charge is 0.211 e. The van der Waals surface area contributed by atoms with Crippen molar-refractivity contribution in [1.82, 2.24) is 14.5 Å². The quantitative estimate of drug-likeness (QED) is 0.772. The largest absolute Gasteiger partial charge is 0.241 e. The lowest BCUT2D eigenvalue weighted by atomic mass is 10.1. The van der Waals surface area contributed by atoms with Crippen molar-refractivity contribution in [2.45, 2.75) is 19.4 Å². The van der Waals surface area contributed by atoms with Gasteiger partial charge in [0.15, 0.2) is 9.84 Å². The van der Waals surface area contributed by atoms with Gasteiger partial charge in [-0.15, -0.1) is 0 Å². The fourth-order valence-electron chi connectivity index (χ4n) is 2.98. The van der Waals surface area contributed by atoms with Gasteiger partial charge in [0.05, 0.1) is 22.9 Å². The molecule has 1 aromatic carbocycles. The maximum atomic E-state index is 12.2. The molecular weight excluding hydrogens is 362 g/mol. The number of sulfonamides is 1. The number of aromatic nitrogens is 2. The molecule has 136 valence electrons. The molecule has 1 saturated heterocycles. The fraction of sp³-hybridized carbons (Fsp3) is 0.438. The number of hydrogen-bond acceptors (Lipinski definition) is 5. The molecule has 0 radical (unpaired) electrons. The Morgan fingerprint density at radius 2 is 2.04 bits per heavy atom. The molecule has 3 rings (SSSR count). The number of para-hydroxylation sites is 1. The number of nitrogens with zero attached hydrogens (tertiary/aromatic N) is 2. The number of nitrogens with one attached hydrogen (secondary N) is 1. The minimum atomic E-state index is -3.46. The zero-order valence-corrected chi connectivity index (χ0v) is 15.3. The lowest BCUT2D eigenvalue weighted by Gasteiger charge is -2.12. The zero-order valence-electron chi connectivity index (χ0n) is 13.7. The summed E-state index contributed by atoms with van der Waals surface area (Å²) in [5.41, 5.74) is 1.63. The molecule has 1 aliphatic heterocycles. The van der Waals surface area contributed by atoms with Crippen molar-refractivity contribution in [2.24, 2.45) is 5.92 Å². The summed E-state index contributed by atoms with van der Waals surface area (Å²) in [6.45, 7) is 0.168. The molecule has 2 aromatic rings. The van der Waals surface area contributed by atoms with Crippen molar-refractivity contribution < 1.29 is 16.8 Å². The van der Waals surface area contributed by atoms with Crippen LogP contribution >= 0.6 is 0 Å². The molecule has 25 heavy (non-hydrogen) atoms. The van der Waals surface area contributed by atoms with Crippen LogP contribution in [0.4, 0.5) is 0 Å². The summed E-state index contributed by atoms with van der Waals surface area (Å²) in [6.07, 6.45) is 4.39. The highest BCUT2D eigenvalue weighted by molar-refractivity contribution is 7.91. The molecule has 0 amide bonds. The third-order valence-electron chi connectivity index (χ3n) is 4.35. The summed E-state index contributed by atoms with van der Waals surface area (Å²) in [6, 6.07) is 9.25. The van der Waals surface area contributed by atoms with Gasteiger partial charge in [0.25, 0.3) is 0 Å². The molecule has 1 N–H and O–H groups in total. The highest BCUT2D eigenvalue weighted by Gasteiger charge is 2.28. The van der Waals surface area contributed by atoms with Crippen LogP contribution in [0.2, 0.25) is 0 Å². The SMILES string of the molecule is O=S1(=O)CCC(CCS(=O)(=O)NCc2ccccc2-n2cccn2)C1. The first-order valence-electron chi connectivity index (χ1n) is 8.10. The molecule has 1 aromatic heterocycles. The van der Waals surface area contributed by atoms with Crippen LogP contribution in [0.25, 0.3) is 5.69 Å². The van der Waals surface area contributed by atoms with Crippen LogP contribution in [-0.2, 0) is 26.4 Å². The third-order valence-corrected chi connectivity index (χ3v) is 7.54. The molecule has 1 unspecified atom stereocenters. The molecule has 1 atom stereocenters. The van der Waals surface area contributed by atoms with E-state index in [1.54, 1.807) is 23.1 Å². The van der Waals surface area contributed by atoms with Crippen LogP contribution in [0.5, 0.6) is 0 Å². The summed E-state index contributed by atoms with van der Waals surface area (Å²) in [4.78, 5) is 0. The zero-order chi connectivity index (χ0) is 17.9. The molecular formula is C16H21N3O4S2. The molecule has 0 spiro atoms. The summed E-state index contributed by atoms with van der Waals surface area (Å²) in [5, 5.41) is 4.18. The van der Waals surface area contributed by atoms with Crippen LogP contribution < -0.4 is 4.72 Å². The van der Waals surface area contributed by atoms with E-state index in [0.29, 0.717) is 12.8 Å². The van der Waals surface area contributed by atoms with Crippen LogP contribution in [0.3, 0.4) is 0 Å². The van der Waals surface area contributed by atoms with Gasteiger partial charge in [-0.05, 0) is 36.5 Å². The van der Waals surface area contributed by atoms with Gasteiger partial charge in [0.1, 0.15) is 0 Å². The number of hydrogen-bond donors (Lipinski definition) is 1. The summed E-state index contributed by atoms with van der Waals surface area (Å²) in [5.74, 6) is 0.155. The number of sulfone groups is 1. The Morgan fingerprint density at radius 3 is 2.72 bits per heavy atom. The highest BCUT2D eigenvalue weighted by atomic mass is 32.2. The maximum absolute atomic E-state index is 12.2. The van der Waals surface area contributed by atoms with Crippen molar-refractivity contribution in [3.05, 3.63) is 48.3 Å². The molecule has 9 heteroatoms. The minimum Gasteiger partial charge on any atom is -0.241 e. The van der Waals surface area contributed by atoms with E-state index in [2.05, 4.69) is 9.82 Å². The van der Waals surface area contributed by atoms with E-state index in [-0.39, 0.29) is 29.7 Å². The topological polar surface area (TPSA) is 98.1 Å².